The third kappa shape index (κ3) is 3.74. The van der Waals surface area contributed by atoms with Gasteiger partial charge in [0.05, 0.1) is 17.5 Å². The van der Waals surface area contributed by atoms with Gasteiger partial charge in [0, 0.05) is 18.3 Å². The van der Waals surface area contributed by atoms with Crippen LogP contribution in [0.5, 0.6) is 0 Å². The minimum Gasteiger partial charge on any atom is -0.388 e. The van der Waals surface area contributed by atoms with Gasteiger partial charge in [0.25, 0.3) is 5.91 Å². The summed E-state index contributed by atoms with van der Waals surface area (Å²) in [5, 5.41) is 17.2. The van der Waals surface area contributed by atoms with E-state index in [0.717, 1.165) is 11.3 Å². The smallest absolute Gasteiger partial charge is 0.251 e. The average Bonchev–Trinajstić information content (AvgIpc) is 2.91. The lowest BCUT2D eigenvalue weighted by Crippen LogP contribution is -2.44. The van der Waals surface area contributed by atoms with E-state index in [2.05, 4.69) is 10.4 Å². The number of benzene rings is 1. The van der Waals surface area contributed by atoms with Gasteiger partial charge in [0.15, 0.2) is 0 Å². The predicted octanol–water partition coefficient (Wildman–Crippen LogP) is 2.32. The first kappa shape index (κ1) is 16.2. The molecule has 0 saturated heterocycles. The quantitative estimate of drug-likeness (QED) is 0.890. The maximum Gasteiger partial charge on any atom is 0.251 e. The third-order valence-corrected chi connectivity index (χ3v) is 3.96. The second kappa shape index (κ2) is 6.32. The van der Waals surface area contributed by atoms with Crippen LogP contribution in [0.25, 0.3) is 5.69 Å². The van der Waals surface area contributed by atoms with E-state index in [4.69, 9.17) is 0 Å². The molecule has 22 heavy (non-hydrogen) atoms. The number of hydrogen-bond donors (Lipinski definition) is 2. The van der Waals surface area contributed by atoms with Crippen molar-refractivity contribution in [3.05, 3.63) is 47.8 Å². The number of aromatic nitrogens is 2. The van der Waals surface area contributed by atoms with Gasteiger partial charge in [-0.05, 0) is 49.6 Å². The van der Waals surface area contributed by atoms with Crippen molar-refractivity contribution in [2.24, 2.45) is 5.92 Å². The summed E-state index contributed by atoms with van der Waals surface area (Å²) in [6, 6.07) is 7.21. The number of nitrogens with zero attached hydrogens (tertiary/aromatic N) is 2. The fourth-order valence-electron chi connectivity index (χ4n) is 1.88. The predicted molar refractivity (Wildman–Crippen MR) is 86.1 cm³/mol. The number of nitrogens with one attached hydrogen (secondary N) is 1. The van der Waals surface area contributed by atoms with Gasteiger partial charge in [0.2, 0.25) is 0 Å². The molecule has 1 aromatic carbocycles. The zero-order chi connectivity index (χ0) is 16.3. The maximum absolute atomic E-state index is 12.1. The SMILES string of the molecule is Cc1cnn(-c2ccc(C(=O)NCC(C)(O)C(C)C)cc2)c1. The Morgan fingerprint density at radius 2 is 2.00 bits per heavy atom. The molecule has 0 radical (unpaired) electrons. The van der Waals surface area contributed by atoms with E-state index in [9.17, 15) is 9.90 Å². The van der Waals surface area contributed by atoms with Crippen LogP contribution in [-0.4, -0.2) is 32.9 Å². The molecule has 0 aliphatic heterocycles. The third-order valence-electron chi connectivity index (χ3n) is 3.96. The van der Waals surface area contributed by atoms with Crippen molar-refractivity contribution in [1.29, 1.82) is 0 Å². The van der Waals surface area contributed by atoms with Gasteiger partial charge < -0.3 is 10.4 Å². The number of rotatable bonds is 5. The Labute approximate surface area is 131 Å². The van der Waals surface area contributed by atoms with E-state index in [0.29, 0.717) is 5.56 Å². The van der Waals surface area contributed by atoms with Gasteiger partial charge in [0.1, 0.15) is 0 Å². The lowest BCUT2D eigenvalue weighted by Gasteiger charge is -2.27. The zero-order valence-electron chi connectivity index (χ0n) is 13.5. The van der Waals surface area contributed by atoms with Gasteiger partial charge in [-0.15, -0.1) is 0 Å². The summed E-state index contributed by atoms with van der Waals surface area (Å²) in [5.74, 6) is -0.123. The highest BCUT2D eigenvalue weighted by molar-refractivity contribution is 5.94. The molecule has 1 aromatic heterocycles. The van der Waals surface area contributed by atoms with E-state index in [1.807, 2.05) is 39.1 Å². The van der Waals surface area contributed by atoms with Crippen LogP contribution >= 0.6 is 0 Å². The Balaban J connectivity index is 2.03. The number of aryl methyl sites for hydroxylation is 1. The summed E-state index contributed by atoms with van der Waals surface area (Å²) in [6.45, 7) is 7.77. The second-order valence-electron chi connectivity index (χ2n) is 6.20. The first-order chi connectivity index (χ1) is 10.3. The fraction of sp³-hybridized carbons (Fsp3) is 0.412. The van der Waals surface area contributed by atoms with Crippen molar-refractivity contribution < 1.29 is 9.90 Å². The highest BCUT2D eigenvalue weighted by Gasteiger charge is 2.25. The normalized spacial score (nSPS) is 13.9. The Morgan fingerprint density at radius 1 is 1.36 bits per heavy atom. The molecule has 2 rings (SSSR count). The van der Waals surface area contributed by atoms with Gasteiger partial charge >= 0.3 is 0 Å². The molecule has 118 valence electrons. The zero-order valence-corrected chi connectivity index (χ0v) is 13.5. The lowest BCUT2D eigenvalue weighted by atomic mass is 9.92. The Morgan fingerprint density at radius 3 is 2.50 bits per heavy atom. The molecule has 0 aliphatic rings. The molecule has 1 heterocycles. The van der Waals surface area contributed by atoms with Crippen molar-refractivity contribution >= 4 is 5.91 Å². The summed E-state index contributed by atoms with van der Waals surface area (Å²) in [5.41, 5.74) is 1.63. The molecule has 0 spiro atoms. The summed E-state index contributed by atoms with van der Waals surface area (Å²) in [7, 11) is 0. The van der Waals surface area contributed by atoms with Crippen molar-refractivity contribution in [3.8, 4) is 5.69 Å². The van der Waals surface area contributed by atoms with Crippen LogP contribution < -0.4 is 5.32 Å². The van der Waals surface area contributed by atoms with E-state index in [1.54, 1.807) is 29.9 Å². The van der Waals surface area contributed by atoms with E-state index >= 15 is 0 Å². The van der Waals surface area contributed by atoms with Crippen LogP contribution in [0.2, 0.25) is 0 Å². The van der Waals surface area contributed by atoms with Crippen LogP contribution in [0, 0.1) is 12.8 Å². The van der Waals surface area contributed by atoms with Gasteiger partial charge in [-0.1, -0.05) is 13.8 Å². The van der Waals surface area contributed by atoms with Gasteiger partial charge in [-0.25, -0.2) is 4.68 Å². The minimum absolute atomic E-state index is 0.0678. The minimum atomic E-state index is -0.914. The van der Waals surface area contributed by atoms with Crippen molar-refractivity contribution in [1.82, 2.24) is 15.1 Å². The van der Waals surface area contributed by atoms with Crippen LogP contribution in [0.3, 0.4) is 0 Å². The molecule has 1 atom stereocenters. The van der Waals surface area contributed by atoms with Crippen molar-refractivity contribution in [2.75, 3.05) is 6.54 Å². The monoisotopic (exact) mass is 301 g/mol. The number of amides is 1. The molecule has 1 amide bonds. The van der Waals surface area contributed by atoms with Crippen LogP contribution in [0.15, 0.2) is 36.7 Å². The van der Waals surface area contributed by atoms with Crippen LogP contribution in [-0.2, 0) is 0 Å². The number of carbonyl (C=O) groups excluding carboxylic acids is 1. The molecule has 0 fully saturated rings. The first-order valence-electron chi connectivity index (χ1n) is 7.42. The number of hydrogen-bond acceptors (Lipinski definition) is 3. The fourth-order valence-corrected chi connectivity index (χ4v) is 1.88. The van der Waals surface area contributed by atoms with Crippen LogP contribution in [0.4, 0.5) is 0 Å². The van der Waals surface area contributed by atoms with Crippen molar-refractivity contribution in [2.45, 2.75) is 33.3 Å². The van der Waals surface area contributed by atoms with Crippen LogP contribution in [0.1, 0.15) is 36.7 Å². The highest BCUT2D eigenvalue weighted by atomic mass is 16.3. The molecule has 5 heteroatoms. The highest BCUT2D eigenvalue weighted by Crippen LogP contribution is 2.15. The molecule has 2 N–H and O–H groups in total. The summed E-state index contributed by atoms with van der Waals surface area (Å²) in [4.78, 5) is 12.1. The Bertz CT molecular complexity index is 642. The molecular weight excluding hydrogens is 278 g/mol. The van der Waals surface area contributed by atoms with E-state index in [-0.39, 0.29) is 18.4 Å². The molecule has 0 aliphatic carbocycles. The van der Waals surface area contributed by atoms with E-state index in [1.165, 1.54) is 0 Å². The van der Waals surface area contributed by atoms with Gasteiger partial charge in [-0.2, -0.15) is 5.10 Å². The summed E-state index contributed by atoms with van der Waals surface area (Å²) >= 11 is 0. The van der Waals surface area contributed by atoms with E-state index < -0.39 is 5.60 Å². The van der Waals surface area contributed by atoms with Gasteiger partial charge in [-0.3, -0.25) is 4.79 Å². The molecule has 2 aromatic rings. The Kier molecular flexibility index (Phi) is 4.66. The molecule has 5 nitrogen and oxygen atoms in total. The standard InChI is InChI=1S/C17H23N3O2/c1-12(2)17(4,22)11-18-16(21)14-5-7-15(8-6-14)20-10-13(3)9-19-20/h5-10,12,22H,11H2,1-4H3,(H,18,21). The maximum atomic E-state index is 12.1. The largest absolute Gasteiger partial charge is 0.388 e. The Hall–Kier alpha value is -2.14. The van der Waals surface area contributed by atoms with Crippen molar-refractivity contribution in [3.63, 3.8) is 0 Å². The molecule has 0 bridgehead atoms. The second-order valence-corrected chi connectivity index (χ2v) is 6.20. The first-order valence-corrected chi connectivity index (χ1v) is 7.42. The molecular formula is C17H23N3O2. The summed E-state index contributed by atoms with van der Waals surface area (Å²) < 4.78 is 1.76. The number of aliphatic hydroxyl groups is 1. The summed E-state index contributed by atoms with van der Waals surface area (Å²) in [6.07, 6.45) is 3.71. The number of carbonyl (C=O) groups is 1. The molecule has 1 unspecified atom stereocenters. The lowest BCUT2D eigenvalue weighted by molar-refractivity contribution is 0.0142. The topological polar surface area (TPSA) is 67.2 Å². The molecule has 0 saturated carbocycles. The average molecular weight is 301 g/mol.